The van der Waals surface area contributed by atoms with Crippen LogP contribution in [0.5, 0.6) is 0 Å². The Kier molecular flexibility index (Phi) is 8.35. The molecular formula is C4H10ClNO5SSr. The fourth-order valence-electron chi connectivity index (χ4n) is 0.422. The summed E-state index contributed by atoms with van der Waals surface area (Å²) in [6, 6.07) is -1.39. The van der Waals surface area contributed by atoms with E-state index in [1.165, 1.54) is 0 Å². The fourth-order valence-corrected chi connectivity index (χ4v) is 1.06. The SMILES string of the molecule is NC(CC(Cl)S(=O)(=O)O)C(=O)O.[SrH2]. The van der Waals surface area contributed by atoms with Crippen LogP contribution in [0.15, 0.2) is 0 Å². The maximum atomic E-state index is 10.3. The summed E-state index contributed by atoms with van der Waals surface area (Å²) in [5, 5.41) is 8.24. The van der Waals surface area contributed by atoms with Gasteiger partial charge in [0.25, 0.3) is 10.1 Å². The number of carboxylic acid groups (broad SMARTS) is 1. The molecule has 0 bridgehead atoms. The van der Waals surface area contributed by atoms with Gasteiger partial charge in [-0.1, -0.05) is 0 Å². The molecule has 4 N–H and O–H groups in total. The predicted octanol–water partition coefficient (Wildman–Crippen LogP) is -1.68. The van der Waals surface area contributed by atoms with Crippen LogP contribution in [0.4, 0.5) is 0 Å². The van der Waals surface area contributed by atoms with E-state index in [0.717, 1.165) is 0 Å². The summed E-state index contributed by atoms with van der Waals surface area (Å²) in [4.78, 5) is 10.1. The molecule has 9 heteroatoms. The molecule has 13 heavy (non-hydrogen) atoms. The van der Waals surface area contributed by atoms with Crippen molar-refractivity contribution < 1.29 is 22.9 Å². The molecule has 0 rings (SSSR count). The summed E-state index contributed by atoms with van der Waals surface area (Å²) in [5.41, 5.74) is 4.95. The van der Waals surface area contributed by atoms with Gasteiger partial charge < -0.3 is 10.8 Å². The Bertz CT molecular complexity index is 268. The first kappa shape index (κ1) is 16.5. The van der Waals surface area contributed by atoms with Gasteiger partial charge in [0.2, 0.25) is 0 Å². The van der Waals surface area contributed by atoms with Gasteiger partial charge in [0.1, 0.15) is 6.04 Å². The van der Waals surface area contributed by atoms with Crippen molar-refractivity contribution in [1.29, 1.82) is 0 Å². The van der Waals surface area contributed by atoms with Crippen LogP contribution in [0, 0.1) is 0 Å². The summed E-state index contributed by atoms with van der Waals surface area (Å²) in [5.74, 6) is -1.37. The van der Waals surface area contributed by atoms with Gasteiger partial charge in [-0.15, -0.1) is 11.6 Å². The monoisotopic (exact) mass is 307 g/mol. The Morgan fingerprint density at radius 2 is 1.92 bits per heavy atom. The molecule has 0 aliphatic rings. The van der Waals surface area contributed by atoms with Crippen LogP contribution in [0.3, 0.4) is 0 Å². The van der Waals surface area contributed by atoms with Gasteiger partial charge in [-0.25, -0.2) is 0 Å². The van der Waals surface area contributed by atoms with E-state index in [9.17, 15) is 13.2 Å². The third-order valence-corrected chi connectivity index (χ3v) is 2.77. The molecule has 0 heterocycles. The van der Waals surface area contributed by atoms with Gasteiger partial charge in [0.15, 0.2) is 4.71 Å². The Morgan fingerprint density at radius 1 is 1.54 bits per heavy atom. The number of halogens is 1. The average molecular weight is 307 g/mol. The first-order valence-electron chi connectivity index (χ1n) is 2.84. The second kappa shape index (κ2) is 6.57. The van der Waals surface area contributed by atoms with Crippen LogP contribution in [0.25, 0.3) is 0 Å². The molecule has 0 aromatic carbocycles. The van der Waals surface area contributed by atoms with E-state index in [0.29, 0.717) is 0 Å². The van der Waals surface area contributed by atoms with Crippen molar-refractivity contribution in [3.05, 3.63) is 0 Å². The van der Waals surface area contributed by atoms with Crippen molar-refractivity contribution >= 4 is 73.2 Å². The van der Waals surface area contributed by atoms with Crippen LogP contribution >= 0.6 is 11.6 Å². The van der Waals surface area contributed by atoms with Crippen LogP contribution in [0.2, 0.25) is 0 Å². The molecule has 0 radical (unpaired) electrons. The van der Waals surface area contributed by atoms with Gasteiger partial charge >= 0.3 is 51.5 Å². The summed E-state index contributed by atoms with van der Waals surface area (Å²) < 4.78 is 27.2. The third kappa shape index (κ3) is 7.09. The number of carboxylic acids is 1. The molecule has 2 unspecified atom stereocenters. The second-order valence-electron chi connectivity index (χ2n) is 2.11. The Labute approximate surface area is 117 Å². The van der Waals surface area contributed by atoms with Crippen molar-refractivity contribution in [3.8, 4) is 0 Å². The molecule has 6 nitrogen and oxygen atoms in total. The number of aliphatic carboxylic acids is 1. The zero-order valence-corrected chi connectivity index (χ0v) is 7.42. The standard InChI is InChI=1S/C4H8ClNO5S.Sr.2H/c5-3(12(9,10)11)1-2(6)4(7)8;;;/h2-3H,1,6H2,(H,7,8)(H,9,10,11);;;. The van der Waals surface area contributed by atoms with Crippen molar-refractivity contribution in [2.24, 2.45) is 5.73 Å². The molecule has 0 saturated heterocycles. The normalized spacial score (nSPS) is 15.6. The summed E-state index contributed by atoms with van der Waals surface area (Å²) in [6.45, 7) is 0. The Morgan fingerprint density at radius 3 is 2.15 bits per heavy atom. The number of nitrogens with two attached hydrogens (primary N) is 1. The van der Waals surface area contributed by atoms with Gasteiger partial charge in [-0.2, -0.15) is 8.42 Å². The van der Waals surface area contributed by atoms with E-state index in [1.807, 2.05) is 0 Å². The summed E-state index contributed by atoms with van der Waals surface area (Å²) >= 11 is 5.11. The van der Waals surface area contributed by atoms with Crippen LogP contribution in [-0.4, -0.2) is 80.3 Å². The molecule has 0 aromatic rings. The Balaban J connectivity index is 0. The predicted molar refractivity (Wildman–Crippen MR) is 50.0 cm³/mol. The molecule has 0 aliphatic heterocycles. The van der Waals surface area contributed by atoms with Gasteiger partial charge in [0, 0.05) is 6.42 Å². The minimum atomic E-state index is -4.41. The molecular weight excluding hydrogens is 297 g/mol. The summed E-state index contributed by atoms with van der Waals surface area (Å²) in [7, 11) is -4.41. The van der Waals surface area contributed by atoms with Gasteiger partial charge in [0.05, 0.1) is 0 Å². The third-order valence-electron chi connectivity index (χ3n) is 1.08. The fraction of sp³-hybridized carbons (Fsp3) is 0.750. The van der Waals surface area contributed by atoms with E-state index >= 15 is 0 Å². The van der Waals surface area contributed by atoms with Gasteiger partial charge in [-0.3, -0.25) is 9.35 Å². The molecule has 76 valence electrons. The molecule has 0 amide bonds. The van der Waals surface area contributed by atoms with Crippen molar-refractivity contribution in [2.45, 2.75) is 17.2 Å². The zero-order chi connectivity index (χ0) is 9.94. The number of hydrogen-bond acceptors (Lipinski definition) is 4. The van der Waals surface area contributed by atoms with Gasteiger partial charge in [-0.05, 0) is 0 Å². The van der Waals surface area contributed by atoms with E-state index < -0.39 is 33.3 Å². The molecule has 0 fully saturated rings. The van der Waals surface area contributed by atoms with E-state index in [2.05, 4.69) is 0 Å². The van der Waals surface area contributed by atoms with E-state index in [4.69, 9.17) is 27.0 Å². The number of carbonyl (C=O) groups is 1. The molecule has 0 aromatic heterocycles. The van der Waals surface area contributed by atoms with Crippen molar-refractivity contribution in [3.63, 3.8) is 0 Å². The number of alkyl halides is 1. The second-order valence-corrected chi connectivity index (χ2v) is 4.49. The molecule has 0 aliphatic carbocycles. The average Bonchev–Trinajstić information content (AvgIpc) is 1.85. The summed E-state index contributed by atoms with van der Waals surface area (Å²) in [6.07, 6.45) is -0.532. The molecule has 0 spiro atoms. The Hall–Kier alpha value is 1.11. The maximum absolute atomic E-state index is 10.3. The van der Waals surface area contributed by atoms with E-state index in [1.54, 1.807) is 0 Å². The quantitative estimate of drug-likeness (QED) is 0.324. The number of rotatable bonds is 4. The first-order valence-corrected chi connectivity index (χ1v) is 4.78. The minimum absolute atomic E-state index is 0. The molecule has 2 atom stereocenters. The van der Waals surface area contributed by atoms with Crippen LogP contribution in [-0.2, 0) is 14.9 Å². The first-order chi connectivity index (χ1) is 5.25. The zero-order valence-electron chi connectivity index (χ0n) is 5.84. The molecule has 0 saturated carbocycles. The van der Waals surface area contributed by atoms with E-state index in [-0.39, 0.29) is 45.5 Å². The topological polar surface area (TPSA) is 118 Å². The van der Waals surface area contributed by atoms with Crippen molar-refractivity contribution in [1.82, 2.24) is 0 Å². The van der Waals surface area contributed by atoms with Crippen LogP contribution in [0.1, 0.15) is 6.42 Å². The van der Waals surface area contributed by atoms with Crippen molar-refractivity contribution in [2.75, 3.05) is 0 Å². The van der Waals surface area contributed by atoms with Crippen LogP contribution < -0.4 is 5.73 Å². The number of hydrogen-bond donors (Lipinski definition) is 3.